The van der Waals surface area contributed by atoms with Crippen molar-refractivity contribution in [2.75, 3.05) is 12.1 Å². The largest absolute Gasteiger partial charge is 0.454 e. The Balaban J connectivity index is 1.83. The number of carbonyl (C=O) groups is 1. The van der Waals surface area contributed by atoms with Crippen molar-refractivity contribution in [3.63, 3.8) is 0 Å². The second kappa shape index (κ2) is 5.54. The smallest absolute Gasteiger partial charge is 0.255 e. The number of ether oxygens (including phenoxy) is 2. The molecule has 1 aliphatic heterocycles. The van der Waals surface area contributed by atoms with Crippen molar-refractivity contribution in [1.82, 2.24) is 0 Å². The number of rotatable bonds is 3. The van der Waals surface area contributed by atoms with Gasteiger partial charge in [0.05, 0.1) is 0 Å². The molecule has 2 aromatic rings. The van der Waals surface area contributed by atoms with Crippen molar-refractivity contribution in [1.29, 1.82) is 0 Å². The van der Waals surface area contributed by atoms with Gasteiger partial charge in [-0.25, -0.2) is 0 Å². The van der Waals surface area contributed by atoms with Crippen LogP contribution in [0.25, 0.3) is 0 Å². The minimum Gasteiger partial charge on any atom is -0.454 e. The monoisotopic (exact) mass is 333 g/mol. The molecule has 0 unspecified atom stereocenters. The van der Waals surface area contributed by atoms with Crippen molar-refractivity contribution >= 4 is 27.5 Å². The Morgan fingerprint density at radius 2 is 1.95 bits per heavy atom. The number of hydrogen-bond acceptors (Lipinski definition) is 3. The molecule has 0 atom stereocenters. The van der Waals surface area contributed by atoms with Gasteiger partial charge in [0.2, 0.25) is 6.79 Å². The van der Waals surface area contributed by atoms with Crippen LogP contribution in [0.3, 0.4) is 0 Å². The van der Waals surface area contributed by atoms with Gasteiger partial charge in [-0.3, -0.25) is 4.79 Å². The zero-order chi connectivity index (χ0) is 13.9. The fourth-order valence-electron chi connectivity index (χ4n) is 1.99. The number of benzene rings is 2. The first-order chi connectivity index (χ1) is 9.78. The van der Waals surface area contributed by atoms with E-state index >= 15 is 0 Å². The van der Waals surface area contributed by atoms with Gasteiger partial charge in [0.25, 0.3) is 5.91 Å². The summed E-state index contributed by atoms with van der Waals surface area (Å²) in [6, 6.07) is 12.8. The van der Waals surface area contributed by atoms with Crippen LogP contribution >= 0.6 is 15.9 Å². The van der Waals surface area contributed by atoms with Crippen LogP contribution in [0.1, 0.15) is 15.9 Å². The van der Waals surface area contributed by atoms with Gasteiger partial charge < -0.3 is 14.8 Å². The van der Waals surface area contributed by atoms with Crippen molar-refractivity contribution in [3.05, 3.63) is 53.6 Å². The highest BCUT2D eigenvalue weighted by Gasteiger charge is 2.16. The lowest BCUT2D eigenvalue weighted by molar-refractivity contribution is 0.102. The molecular formula is C15H12BrNO3. The molecule has 0 radical (unpaired) electrons. The number of amides is 1. The Hall–Kier alpha value is -2.01. The van der Waals surface area contributed by atoms with Gasteiger partial charge >= 0.3 is 0 Å². The maximum atomic E-state index is 12.3. The van der Waals surface area contributed by atoms with Gasteiger partial charge in [0, 0.05) is 16.6 Å². The fourth-order valence-corrected chi connectivity index (χ4v) is 2.48. The molecule has 0 bridgehead atoms. The summed E-state index contributed by atoms with van der Waals surface area (Å²) in [5.74, 6) is 1.10. The van der Waals surface area contributed by atoms with Gasteiger partial charge in [0.1, 0.15) is 0 Å². The maximum absolute atomic E-state index is 12.3. The van der Waals surface area contributed by atoms with Gasteiger partial charge in [-0.05, 0) is 29.8 Å². The van der Waals surface area contributed by atoms with Gasteiger partial charge in [0.15, 0.2) is 11.5 Å². The predicted octanol–water partition coefficient (Wildman–Crippen LogP) is 3.56. The SMILES string of the molecule is O=C(Nc1ccccc1CBr)c1ccc2c(c1)OCO2. The number of anilines is 1. The van der Waals surface area contributed by atoms with Crippen LogP contribution in [-0.4, -0.2) is 12.7 Å². The average molecular weight is 334 g/mol. The molecule has 20 heavy (non-hydrogen) atoms. The normalized spacial score (nSPS) is 12.2. The third kappa shape index (κ3) is 2.49. The van der Waals surface area contributed by atoms with Crippen LogP contribution in [0.5, 0.6) is 11.5 Å². The summed E-state index contributed by atoms with van der Waals surface area (Å²) in [7, 11) is 0. The minimum absolute atomic E-state index is 0.170. The number of alkyl halides is 1. The van der Waals surface area contributed by atoms with Crippen LogP contribution in [0, 0.1) is 0 Å². The summed E-state index contributed by atoms with van der Waals surface area (Å²) < 4.78 is 10.5. The molecule has 0 aliphatic carbocycles. The number of para-hydroxylation sites is 1. The zero-order valence-corrected chi connectivity index (χ0v) is 12.1. The van der Waals surface area contributed by atoms with E-state index in [1.54, 1.807) is 18.2 Å². The topological polar surface area (TPSA) is 47.6 Å². The van der Waals surface area contributed by atoms with Crippen molar-refractivity contribution in [2.24, 2.45) is 0 Å². The van der Waals surface area contributed by atoms with Gasteiger partial charge in [-0.15, -0.1) is 0 Å². The van der Waals surface area contributed by atoms with E-state index < -0.39 is 0 Å². The fraction of sp³-hybridized carbons (Fsp3) is 0.133. The first kappa shape index (κ1) is 13.0. The molecule has 5 heteroatoms. The molecule has 0 fully saturated rings. The van der Waals surface area contributed by atoms with E-state index in [-0.39, 0.29) is 12.7 Å². The predicted molar refractivity (Wildman–Crippen MR) is 79.6 cm³/mol. The van der Waals surface area contributed by atoms with Crippen LogP contribution in [-0.2, 0) is 5.33 Å². The second-order valence-electron chi connectivity index (χ2n) is 4.31. The molecule has 0 spiro atoms. The van der Waals surface area contributed by atoms with Gasteiger partial charge in [-0.2, -0.15) is 0 Å². The van der Waals surface area contributed by atoms with Crippen molar-refractivity contribution < 1.29 is 14.3 Å². The molecule has 0 aromatic heterocycles. The van der Waals surface area contributed by atoms with E-state index in [4.69, 9.17) is 9.47 Å². The first-order valence-corrected chi connectivity index (χ1v) is 7.25. The first-order valence-electron chi connectivity index (χ1n) is 6.13. The van der Waals surface area contributed by atoms with E-state index in [9.17, 15) is 4.79 Å². The summed E-state index contributed by atoms with van der Waals surface area (Å²) in [5.41, 5.74) is 2.37. The molecule has 0 saturated heterocycles. The zero-order valence-electron chi connectivity index (χ0n) is 10.6. The average Bonchev–Trinajstić information content (AvgIpc) is 2.95. The lowest BCUT2D eigenvalue weighted by atomic mass is 10.1. The van der Waals surface area contributed by atoms with Gasteiger partial charge in [-0.1, -0.05) is 34.1 Å². The Morgan fingerprint density at radius 1 is 1.15 bits per heavy atom. The van der Waals surface area contributed by atoms with E-state index in [1.807, 2.05) is 24.3 Å². The highest BCUT2D eigenvalue weighted by molar-refractivity contribution is 9.08. The van der Waals surface area contributed by atoms with Crippen LogP contribution in [0.2, 0.25) is 0 Å². The minimum atomic E-state index is -0.170. The molecule has 1 heterocycles. The summed E-state index contributed by atoms with van der Waals surface area (Å²) in [5, 5.41) is 3.59. The Morgan fingerprint density at radius 3 is 2.80 bits per heavy atom. The van der Waals surface area contributed by atoms with E-state index in [0.717, 1.165) is 11.3 Å². The van der Waals surface area contributed by atoms with Crippen LogP contribution in [0.4, 0.5) is 5.69 Å². The third-order valence-electron chi connectivity index (χ3n) is 3.04. The summed E-state index contributed by atoms with van der Waals surface area (Å²) in [4.78, 5) is 12.3. The molecular weight excluding hydrogens is 322 g/mol. The molecule has 4 nitrogen and oxygen atoms in total. The Kier molecular flexibility index (Phi) is 3.60. The summed E-state index contributed by atoms with van der Waals surface area (Å²) in [6.07, 6.45) is 0. The Bertz CT molecular complexity index is 657. The number of carbonyl (C=O) groups excluding carboxylic acids is 1. The van der Waals surface area contributed by atoms with E-state index in [2.05, 4.69) is 21.2 Å². The number of halogens is 1. The third-order valence-corrected chi connectivity index (χ3v) is 3.65. The highest BCUT2D eigenvalue weighted by atomic mass is 79.9. The molecule has 1 N–H and O–H groups in total. The molecule has 1 aliphatic rings. The summed E-state index contributed by atoms with van der Waals surface area (Å²) in [6.45, 7) is 0.201. The molecule has 0 saturated carbocycles. The van der Waals surface area contributed by atoms with Crippen molar-refractivity contribution in [3.8, 4) is 11.5 Å². The number of fused-ring (bicyclic) bond motifs is 1. The summed E-state index contributed by atoms with van der Waals surface area (Å²) >= 11 is 3.41. The quantitative estimate of drug-likeness (QED) is 0.873. The number of hydrogen-bond donors (Lipinski definition) is 1. The molecule has 1 amide bonds. The Labute approximate surface area is 124 Å². The van der Waals surface area contributed by atoms with E-state index in [1.165, 1.54) is 0 Å². The van der Waals surface area contributed by atoms with E-state index in [0.29, 0.717) is 22.4 Å². The number of nitrogens with one attached hydrogen (secondary N) is 1. The molecule has 2 aromatic carbocycles. The lowest BCUT2D eigenvalue weighted by Crippen LogP contribution is -2.12. The highest BCUT2D eigenvalue weighted by Crippen LogP contribution is 2.32. The molecule has 102 valence electrons. The van der Waals surface area contributed by atoms with Crippen molar-refractivity contribution in [2.45, 2.75) is 5.33 Å². The standard InChI is InChI=1S/C15H12BrNO3/c16-8-11-3-1-2-4-12(11)17-15(18)10-5-6-13-14(7-10)20-9-19-13/h1-7H,8-9H2,(H,17,18). The van der Waals surface area contributed by atoms with Crippen LogP contribution < -0.4 is 14.8 Å². The maximum Gasteiger partial charge on any atom is 0.255 e. The molecule has 3 rings (SSSR count). The van der Waals surface area contributed by atoms with Crippen LogP contribution in [0.15, 0.2) is 42.5 Å². The second-order valence-corrected chi connectivity index (χ2v) is 4.87. The lowest BCUT2D eigenvalue weighted by Gasteiger charge is -2.09.